The van der Waals surface area contributed by atoms with Crippen LogP contribution in [-0.4, -0.2) is 56.9 Å². The molecule has 1 aliphatic rings. The van der Waals surface area contributed by atoms with E-state index in [9.17, 15) is 18.0 Å². The number of piperidine rings is 1. The fraction of sp³-hybridized carbons (Fsp3) is 0.579. The van der Waals surface area contributed by atoms with Gasteiger partial charge in [-0.2, -0.15) is 4.31 Å². The molecule has 2 atom stereocenters. The number of hydrogen-bond acceptors (Lipinski definition) is 6. The van der Waals surface area contributed by atoms with E-state index in [0.29, 0.717) is 13.1 Å². The highest BCUT2D eigenvalue weighted by Crippen LogP contribution is 2.31. The van der Waals surface area contributed by atoms with Crippen LogP contribution in [0, 0.1) is 0 Å². The molecule has 156 valence electrons. The molecule has 1 fully saturated rings. The number of esters is 1. The van der Waals surface area contributed by atoms with E-state index in [2.05, 4.69) is 5.32 Å². The van der Waals surface area contributed by atoms with Crippen LogP contribution in [0.4, 0.5) is 0 Å². The summed E-state index contributed by atoms with van der Waals surface area (Å²) >= 11 is 0. The Morgan fingerprint density at radius 3 is 2.64 bits per heavy atom. The highest BCUT2D eigenvalue weighted by molar-refractivity contribution is 7.89. The zero-order valence-corrected chi connectivity index (χ0v) is 17.5. The minimum absolute atomic E-state index is 0.0418. The molecule has 1 aromatic rings. The summed E-state index contributed by atoms with van der Waals surface area (Å²) in [7, 11) is -2.46. The van der Waals surface area contributed by atoms with Gasteiger partial charge in [-0.05, 0) is 51.8 Å². The lowest BCUT2D eigenvalue weighted by Gasteiger charge is -2.32. The Kier molecular flexibility index (Phi) is 7.42. The third-order valence-electron chi connectivity index (χ3n) is 4.73. The summed E-state index contributed by atoms with van der Waals surface area (Å²) in [4.78, 5) is 24.1. The largest absolute Gasteiger partial charge is 0.495 e. The molecule has 1 aliphatic heterocycles. The molecular formula is C19H28N2O6S. The topological polar surface area (TPSA) is 102 Å². The van der Waals surface area contributed by atoms with Crippen molar-refractivity contribution in [2.45, 2.75) is 57.1 Å². The number of likely N-dealkylation sites (N-methyl/N-ethyl adjacent to an activating group) is 1. The number of ether oxygens (including phenoxy) is 2. The van der Waals surface area contributed by atoms with Crippen LogP contribution in [0.1, 0.15) is 50.4 Å². The third-order valence-corrected chi connectivity index (χ3v) is 6.77. The molecule has 0 aliphatic carbocycles. The van der Waals surface area contributed by atoms with Gasteiger partial charge in [0, 0.05) is 19.1 Å². The first-order valence-corrected chi connectivity index (χ1v) is 10.8. The van der Waals surface area contributed by atoms with E-state index >= 15 is 0 Å². The van der Waals surface area contributed by atoms with Crippen LogP contribution < -0.4 is 10.1 Å². The van der Waals surface area contributed by atoms with Crippen LogP contribution in [0.5, 0.6) is 5.75 Å². The second-order valence-corrected chi connectivity index (χ2v) is 8.63. The third kappa shape index (κ3) is 4.82. The van der Waals surface area contributed by atoms with E-state index in [1.54, 1.807) is 6.92 Å². The molecule has 0 aromatic heterocycles. The summed E-state index contributed by atoms with van der Waals surface area (Å²) in [5.41, 5.74) is 0.0418. The molecule has 2 rings (SSSR count). The number of nitrogens with zero attached hydrogens (tertiary/aromatic N) is 1. The predicted molar refractivity (Wildman–Crippen MR) is 104 cm³/mol. The van der Waals surface area contributed by atoms with Crippen molar-refractivity contribution in [2.75, 3.05) is 20.2 Å². The van der Waals surface area contributed by atoms with E-state index < -0.39 is 28.0 Å². The van der Waals surface area contributed by atoms with Gasteiger partial charge < -0.3 is 14.8 Å². The number of methoxy groups -OCH3 is 1. The lowest BCUT2D eigenvalue weighted by Crippen LogP contribution is -2.42. The van der Waals surface area contributed by atoms with Crippen LogP contribution in [0.3, 0.4) is 0 Å². The molecule has 0 saturated carbocycles. The molecule has 0 spiro atoms. The SMILES string of the molecule is CCNC(=O)[C@H](C)OC(=O)c1ccc(OC)c(S(=O)(=O)N2CCCC[C@@H]2C)c1. The number of nitrogens with one attached hydrogen (secondary N) is 1. The van der Waals surface area contributed by atoms with Crippen molar-refractivity contribution in [3.05, 3.63) is 23.8 Å². The fourth-order valence-corrected chi connectivity index (χ4v) is 5.04. The van der Waals surface area contributed by atoms with Gasteiger partial charge in [-0.25, -0.2) is 13.2 Å². The molecule has 0 bridgehead atoms. The zero-order valence-electron chi connectivity index (χ0n) is 16.7. The smallest absolute Gasteiger partial charge is 0.338 e. The first kappa shape index (κ1) is 22.2. The highest BCUT2D eigenvalue weighted by Gasteiger charge is 2.34. The average molecular weight is 413 g/mol. The maximum absolute atomic E-state index is 13.2. The Morgan fingerprint density at radius 2 is 2.04 bits per heavy atom. The molecule has 0 unspecified atom stereocenters. The molecule has 8 nitrogen and oxygen atoms in total. The second kappa shape index (κ2) is 9.38. The van der Waals surface area contributed by atoms with E-state index in [4.69, 9.17) is 9.47 Å². The van der Waals surface area contributed by atoms with E-state index in [1.165, 1.54) is 36.5 Å². The maximum Gasteiger partial charge on any atom is 0.338 e. The van der Waals surface area contributed by atoms with Crippen molar-refractivity contribution < 1.29 is 27.5 Å². The first-order valence-electron chi connectivity index (χ1n) is 9.41. The van der Waals surface area contributed by atoms with Crippen molar-refractivity contribution in [1.29, 1.82) is 0 Å². The number of carbonyl (C=O) groups excluding carboxylic acids is 2. The highest BCUT2D eigenvalue weighted by atomic mass is 32.2. The fourth-order valence-electron chi connectivity index (χ4n) is 3.16. The van der Waals surface area contributed by atoms with Crippen molar-refractivity contribution in [2.24, 2.45) is 0 Å². The number of rotatable bonds is 7. The van der Waals surface area contributed by atoms with Crippen molar-refractivity contribution in [3.63, 3.8) is 0 Å². The van der Waals surface area contributed by atoms with Gasteiger partial charge in [0.2, 0.25) is 10.0 Å². The Hall–Kier alpha value is -2.13. The summed E-state index contributed by atoms with van der Waals surface area (Å²) in [6.07, 6.45) is 1.57. The first-order chi connectivity index (χ1) is 13.2. The maximum atomic E-state index is 13.2. The molecule has 1 amide bonds. The normalized spacial score (nSPS) is 18.9. The van der Waals surface area contributed by atoms with Crippen LogP contribution in [0.25, 0.3) is 0 Å². The number of amides is 1. The molecule has 9 heteroatoms. The Morgan fingerprint density at radius 1 is 1.32 bits per heavy atom. The number of sulfonamides is 1. The van der Waals surface area contributed by atoms with Crippen LogP contribution in [-0.2, 0) is 19.6 Å². The molecule has 1 aromatic carbocycles. The molecule has 0 radical (unpaired) electrons. The van der Waals surface area contributed by atoms with Gasteiger partial charge >= 0.3 is 5.97 Å². The zero-order chi connectivity index (χ0) is 20.9. The van der Waals surface area contributed by atoms with Gasteiger partial charge in [-0.15, -0.1) is 0 Å². The summed E-state index contributed by atoms with van der Waals surface area (Å²) in [6.45, 7) is 5.93. The molecular weight excluding hydrogens is 384 g/mol. The van der Waals surface area contributed by atoms with Gasteiger partial charge in [-0.3, -0.25) is 4.79 Å². The predicted octanol–water partition coefficient (Wildman–Crippen LogP) is 1.94. The Bertz CT molecular complexity index is 824. The monoisotopic (exact) mass is 412 g/mol. The van der Waals surface area contributed by atoms with Crippen LogP contribution in [0.2, 0.25) is 0 Å². The van der Waals surface area contributed by atoms with Gasteiger partial charge in [0.15, 0.2) is 6.10 Å². The standard InChI is InChI=1S/C19H28N2O6S/c1-5-20-18(22)14(3)27-19(23)15-9-10-16(26-4)17(12-15)28(24,25)21-11-7-6-8-13(21)2/h9-10,12-14H,5-8,11H2,1-4H3,(H,20,22)/t13-,14-/m0/s1. The minimum atomic E-state index is -3.84. The van der Waals surface area contributed by atoms with Crippen LogP contribution >= 0.6 is 0 Å². The lowest BCUT2D eigenvalue weighted by atomic mass is 10.1. The second-order valence-electron chi connectivity index (χ2n) is 6.77. The molecule has 1 saturated heterocycles. The van der Waals surface area contributed by atoms with Crippen molar-refractivity contribution in [3.8, 4) is 5.75 Å². The summed E-state index contributed by atoms with van der Waals surface area (Å²) < 4.78 is 38.2. The van der Waals surface area contributed by atoms with Gasteiger partial charge in [0.1, 0.15) is 10.6 Å². The summed E-state index contributed by atoms with van der Waals surface area (Å²) in [5, 5.41) is 2.57. The molecule has 1 heterocycles. The number of benzene rings is 1. The van der Waals surface area contributed by atoms with Gasteiger partial charge in [-0.1, -0.05) is 6.42 Å². The van der Waals surface area contributed by atoms with Gasteiger partial charge in [0.05, 0.1) is 12.7 Å². The Labute approximate surface area is 166 Å². The van der Waals surface area contributed by atoms with Crippen molar-refractivity contribution >= 4 is 21.9 Å². The molecule has 1 N–H and O–H groups in total. The quantitative estimate of drug-likeness (QED) is 0.687. The van der Waals surface area contributed by atoms with E-state index in [0.717, 1.165) is 19.3 Å². The van der Waals surface area contributed by atoms with E-state index in [-0.39, 0.29) is 22.3 Å². The molecule has 28 heavy (non-hydrogen) atoms. The lowest BCUT2D eigenvalue weighted by molar-refractivity contribution is -0.128. The van der Waals surface area contributed by atoms with Crippen molar-refractivity contribution in [1.82, 2.24) is 9.62 Å². The van der Waals surface area contributed by atoms with Gasteiger partial charge in [0.25, 0.3) is 5.91 Å². The van der Waals surface area contributed by atoms with Crippen LogP contribution in [0.15, 0.2) is 23.1 Å². The summed E-state index contributed by atoms with van der Waals surface area (Å²) in [5.74, 6) is -1.03. The summed E-state index contributed by atoms with van der Waals surface area (Å²) in [6, 6.07) is 3.97. The average Bonchev–Trinajstić information content (AvgIpc) is 2.67. The van der Waals surface area contributed by atoms with E-state index in [1.807, 2.05) is 6.92 Å². The minimum Gasteiger partial charge on any atom is -0.495 e. The number of carbonyl (C=O) groups is 2. The Balaban J connectivity index is 2.33. The number of hydrogen-bond donors (Lipinski definition) is 1.